The van der Waals surface area contributed by atoms with Crippen molar-refractivity contribution < 1.29 is 0 Å². The molecule has 2 bridgehead atoms. The van der Waals surface area contributed by atoms with Crippen molar-refractivity contribution in [3.05, 3.63) is 0 Å². The first kappa shape index (κ1) is 4.68. The van der Waals surface area contributed by atoms with E-state index < -0.39 is 0 Å². The lowest BCUT2D eigenvalue weighted by molar-refractivity contribution is -0.344. The molecule has 0 saturated heterocycles. The minimum atomic E-state index is 0.921. The summed E-state index contributed by atoms with van der Waals surface area (Å²) in [5.41, 5.74) is 0. The van der Waals surface area contributed by atoms with Crippen molar-refractivity contribution in [3.8, 4) is 0 Å². The highest BCUT2D eigenvalue weighted by Crippen LogP contribution is 2.98. The Kier molecular flexibility index (Phi) is 0.421. The van der Waals surface area contributed by atoms with Crippen LogP contribution in [0.4, 0.5) is 0 Å². The molecule has 4 unspecified atom stereocenters. The van der Waals surface area contributed by atoms with Crippen LogP contribution in [0.3, 0.4) is 0 Å². The Morgan fingerprint density at radius 3 is 2.20 bits per heavy atom. The molecular weight excluding hydrogens is 235 g/mol. The van der Waals surface area contributed by atoms with Gasteiger partial charge in [-0.2, -0.15) is 0 Å². The first-order chi connectivity index (χ1) is 4.85. The summed E-state index contributed by atoms with van der Waals surface area (Å²) in [5.74, 6) is 8.82. The molecule has 6 aliphatic rings. The summed E-state index contributed by atoms with van der Waals surface area (Å²) in [7, 11) is 0. The molecule has 0 spiro atoms. The summed E-state index contributed by atoms with van der Waals surface area (Å²) in [6, 6.07) is 0. The van der Waals surface area contributed by atoms with Crippen LogP contribution in [0.15, 0.2) is 0 Å². The molecule has 6 saturated carbocycles. The SMILES string of the molecule is IC12C3C4CC5C3C1C5C42. The average molecular weight is 244 g/mol. The summed E-state index contributed by atoms with van der Waals surface area (Å²) in [4.78, 5) is 0. The summed E-state index contributed by atoms with van der Waals surface area (Å²) < 4.78 is 0.921. The Balaban J connectivity index is 1.91. The standard InChI is InChI=1S/C9H9I/c10-9-6-3-1-2-4(6)8(9)5(2)7(3)9/h2-8H,1H2. The monoisotopic (exact) mass is 244 g/mol. The van der Waals surface area contributed by atoms with Gasteiger partial charge in [0.25, 0.3) is 0 Å². The minimum absolute atomic E-state index is 0.921. The molecule has 0 amide bonds. The fourth-order valence-electron chi connectivity index (χ4n) is 5.74. The third-order valence-electron chi connectivity index (χ3n) is 5.65. The Bertz CT molecular complexity index is 248. The predicted molar refractivity (Wildman–Crippen MR) is 45.8 cm³/mol. The van der Waals surface area contributed by atoms with E-state index in [9.17, 15) is 0 Å². The van der Waals surface area contributed by atoms with E-state index in [1.165, 1.54) is 41.4 Å². The van der Waals surface area contributed by atoms with E-state index in [0.717, 1.165) is 3.42 Å². The maximum atomic E-state index is 2.80. The van der Waals surface area contributed by atoms with Crippen LogP contribution in [-0.2, 0) is 0 Å². The zero-order valence-electron chi connectivity index (χ0n) is 5.63. The number of rotatable bonds is 0. The lowest BCUT2D eigenvalue weighted by Crippen LogP contribution is -2.90. The topological polar surface area (TPSA) is 0 Å². The predicted octanol–water partition coefficient (Wildman–Crippen LogP) is 1.93. The van der Waals surface area contributed by atoms with Crippen molar-refractivity contribution in [2.75, 3.05) is 0 Å². The fourth-order valence-corrected chi connectivity index (χ4v) is 8.33. The molecule has 0 N–H and O–H groups in total. The van der Waals surface area contributed by atoms with Crippen molar-refractivity contribution in [2.45, 2.75) is 9.84 Å². The number of hydrogen-bond acceptors (Lipinski definition) is 0. The zero-order chi connectivity index (χ0) is 6.25. The molecule has 6 rings (SSSR count). The van der Waals surface area contributed by atoms with Crippen LogP contribution in [0, 0.1) is 41.4 Å². The molecule has 52 valence electrons. The van der Waals surface area contributed by atoms with Gasteiger partial charge in [0.2, 0.25) is 0 Å². The number of hydrogen-bond donors (Lipinski definition) is 0. The van der Waals surface area contributed by atoms with Crippen molar-refractivity contribution in [1.82, 2.24) is 0 Å². The second-order valence-electron chi connectivity index (χ2n) is 5.12. The van der Waals surface area contributed by atoms with Gasteiger partial charge in [-0.15, -0.1) is 0 Å². The van der Waals surface area contributed by atoms with Gasteiger partial charge >= 0.3 is 0 Å². The Labute approximate surface area is 73.9 Å². The summed E-state index contributed by atoms with van der Waals surface area (Å²) >= 11 is 2.80. The smallest absolute Gasteiger partial charge is 0.0323 e. The van der Waals surface area contributed by atoms with Gasteiger partial charge in [0, 0.05) is 3.42 Å². The first-order valence-corrected chi connectivity index (χ1v) is 5.62. The van der Waals surface area contributed by atoms with Crippen LogP contribution < -0.4 is 0 Å². The molecule has 4 atom stereocenters. The van der Waals surface area contributed by atoms with Crippen molar-refractivity contribution in [3.63, 3.8) is 0 Å². The third kappa shape index (κ3) is 0.174. The van der Waals surface area contributed by atoms with E-state index in [2.05, 4.69) is 22.6 Å². The van der Waals surface area contributed by atoms with Crippen LogP contribution in [0.2, 0.25) is 0 Å². The zero-order valence-corrected chi connectivity index (χ0v) is 7.78. The largest absolute Gasteiger partial charge is 0.0779 e. The molecule has 1 heteroatoms. The highest BCUT2D eigenvalue weighted by Gasteiger charge is 2.97. The normalized spacial score (nSPS) is 97.5. The van der Waals surface area contributed by atoms with Gasteiger partial charge in [0.1, 0.15) is 0 Å². The van der Waals surface area contributed by atoms with Crippen LogP contribution in [0.5, 0.6) is 0 Å². The molecule has 6 fully saturated rings. The van der Waals surface area contributed by atoms with E-state index in [-0.39, 0.29) is 0 Å². The van der Waals surface area contributed by atoms with Gasteiger partial charge in [-0.25, -0.2) is 0 Å². The van der Waals surface area contributed by atoms with Gasteiger partial charge < -0.3 is 0 Å². The fraction of sp³-hybridized carbons (Fsp3) is 1.00. The second kappa shape index (κ2) is 0.898. The lowest BCUT2D eigenvalue weighted by Gasteiger charge is -2.89. The van der Waals surface area contributed by atoms with Gasteiger partial charge in [0.05, 0.1) is 0 Å². The maximum Gasteiger partial charge on any atom is 0.0323 e. The van der Waals surface area contributed by atoms with Crippen LogP contribution in [-0.4, -0.2) is 3.42 Å². The summed E-state index contributed by atoms with van der Waals surface area (Å²) in [6.07, 6.45) is 1.66. The van der Waals surface area contributed by atoms with Crippen LogP contribution in [0.1, 0.15) is 6.42 Å². The minimum Gasteiger partial charge on any atom is -0.0779 e. The molecule has 10 heavy (non-hydrogen) atoms. The second-order valence-corrected chi connectivity index (χ2v) is 6.99. The molecular formula is C9H9I. The number of halogens is 1. The maximum absolute atomic E-state index is 2.80. The molecule has 6 aliphatic carbocycles. The van der Waals surface area contributed by atoms with Crippen molar-refractivity contribution >= 4 is 22.6 Å². The molecule has 0 aliphatic heterocycles. The first-order valence-electron chi connectivity index (χ1n) is 4.54. The summed E-state index contributed by atoms with van der Waals surface area (Å²) in [5, 5.41) is 0. The molecule has 0 aromatic rings. The Morgan fingerprint density at radius 1 is 1.00 bits per heavy atom. The van der Waals surface area contributed by atoms with Gasteiger partial charge in [-0.3, -0.25) is 0 Å². The Hall–Kier alpha value is 0.730. The highest BCUT2D eigenvalue weighted by atomic mass is 127. The Morgan fingerprint density at radius 2 is 1.70 bits per heavy atom. The molecule has 0 aromatic carbocycles. The molecule has 0 nitrogen and oxygen atoms in total. The van der Waals surface area contributed by atoms with Crippen molar-refractivity contribution in [1.29, 1.82) is 0 Å². The van der Waals surface area contributed by atoms with Gasteiger partial charge in [0.15, 0.2) is 0 Å². The quantitative estimate of drug-likeness (QED) is 0.451. The van der Waals surface area contributed by atoms with E-state index in [1.54, 1.807) is 6.42 Å². The van der Waals surface area contributed by atoms with E-state index >= 15 is 0 Å². The highest BCUT2D eigenvalue weighted by molar-refractivity contribution is 14.1. The van der Waals surface area contributed by atoms with Crippen LogP contribution in [0.25, 0.3) is 0 Å². The molecule has 0 heterocycles. The van der Waals surface area contributed by atoms with E-state index in [4.69, 9.17) is 0 Å². The van der Waals surface area contributed by atoms with E-state index in [1.807, 2.05) is 0 Å². The summed E-state index contributed by atoms with van der Waals surface area (Å²) in [6.45, 7) is 0. The van der Waals surface area contributed by atoms with Crippen LogP contribution >= 0.6 is 22.6 Å². The van der Waals surface area contributed by atoms with Gasteiger partial charge in [-0.1, -0.05) is 22.6 Å². The lowest BCUT2D eigenvalue weighted by atomic mass is 9.20. The molecule has 0 radical (unpaired) electrons. The van der Waals surface area contributed by atoms with Gasteiger partial charge in [-0.05, 0) is 47.8 Å². The van der Waals surface area contributed by atoms with E-state index in [0.29, 0.717) is 0 Å². The van der Waals surface area contributed by atoms with Crippen molar-refractivity contribution in [2.24, 2.45) is 41.4 Å². The molecule has 0 aromatic heterocycles. The average Bonchev–Trinajstić information content (AvgIpc) is 2.15. The number of alkyl halides is 1. The third-order valence-corrected chi connectivity index (χ3v) is 7.80.